The summed E-state index contributed by atoms with van der Waals surface area (Å²) in [5, 5.41) is 9.41. The van der Waals surface area contributed by atoms with Crippen LogP contribution in [0.25, 0.3) is 0 Å². The second-order valence-corrected chi connectivity index (χ2v) is 5.57. The molecule has 2 aromatic rings. The molecular formula is C16H15ClN2O2. The number of halogens is 1. The molecule has 3 rings (SSSR count). The Labute approximate surface area is 128 Å². The van der Waals surface area contributed by atoms with Crippen molar-refractivity contribution in [1.82, 2.24) is 4.98 Å². The Bertz CT molecular complexity index is 702. The predicted octanol–water partition coefficient (Wildman–Crippen LogP) is 3.91. The smallest absolute Gasteiger partial charge is 0.337 e. The summed E-state index contributed by atoms with van der Waals surface area (Å²) in [5.41, 5.74) is 2.36. The molecule has 1 aliphatic heterocycles. The minimum atomic E-state index is -1.04. The zero-order valence-corrected chi connectivity index (χ0v) is 12.3. The number of para-hydroxylation sites is 1. The van der Waals surface area contributed by atoms with Crippen LogP contribution in [0.15, 0.2) is 36.5 Å². The predicted molar refractivity (Wildman–Crippen MR) is 82.6 cm³/mol. The molecule has 0 saturated carbocycles. The van der Waals surface area contributed by atoms with Crippen molar-refractivity contribution >= 4 is 29.1 Å². The molecule has 2 heterocycles. The van der Waals surface area contributed by atoms with Crippen molar-refractivity contribution in [3.05, 3.63) is 52.7 Å². The lowest BCUT2D eigenvalue weighted by Gasteiger charge is -2.36. The number of carbonyl (C=O) groups is 1. The molecule has 1 aromatic heterocycles. The van der Waals surface area contributed by atoms with Crippen molar-refractivity contribution in [2.24, 2.45) is 0 Å². The van der Waals surface area contributed by atoms with Gasteiger partial charge in [-0.15, -0.1) is 0 Å². The number of carboxylic acid groups (broad SMARTS) is 1. The molecule has 0 fully saturated rings. The highest BCUT2D eigenvalue weighted by Gasteiger charge is 2.28. The Balaban J connectivity index is 2.16. The molecular weight excluding hydrogens is 288 g/mol. The number of benzene rings is 1. The van der Waals surface area contributed by atoms with Gasteiger partial charge in [-0.2, -0.15) is 0 Å². The van der Waals surface area contributed by atoms with E-state index in [2.05, 4.69) is 18.0 Å². The quantitative estimate of drug-likeness (QED) is 0.914. The molecule has 1 aromatic carbocycles. The number of hydrogen-bond acceptors (Lipinski definition) is 3. The third-order valence-electron chi connectivity index (χ3n) is 3.85. The van der Waals surface area contributed by atoms with Gasteiger partial charge in [0, 0.05) is 17.9 Å². The van der Waals surface area contributed by atoms with Gasteiger partial charge in [0.15, 0.2) is 5.82 Å². The van der Waals surface area contributed by atoms with Gasteiger partial charge in [0.2, 0.25) is 0 Å². The van der Waals surface area contributed by atoms with Crippen molar-refractivity contribution in [2.45, 2.75) is 25.8 Å². The lowest BCUT2D eigenvalue weighted by molar-refractivity contribution is 0.0697. The van der Waals surface area contributed by atoms with Gasteiger partial charge >= 0.3 is 5.97 Å². The Hall–Kier alpha value is -2.07. The highest BCUT2D eigenvalue weighted by molar-refractivity contribution is 6.36. The van der Waals surface area contributed by atoms with Gasteiger partial charge in [0.1, 0.15) is 0 Å². The third kappa shape index (κ3) is 2.36. The van der Waals surface area contributed by atoms with Crippen molar-refractivity contribution in [1.29, 1.82) is 0 Å². The molecule has 21 heavy (non-hydrogen) atoms. The average Bonchev–Trinajstić information content (AvgIpc) is 2.48. The highest BCUT2D eigenvalue weighted by Crippen LogP contribution is 2.39. The van der Waals surface area contributed by atoms with Crippen LogP contribution in [0.1, 0.15) is 29.3 Å². The summed E-state index contributed by atoms with van der Waals surface area (Å²) in [6.45, 7) is 2.10. The minimum absolute atomic E-state index is 0.0805. The fourth-order valence-electron chi connectivity index (χ4n) is 2.78. The summed E-state index contributed by atoms with van der Waals surface area (Å²) in [6.07, 6.45) is 3.48. The molecule has 1 aliphatic rings. The number of aryl methyl sites for hydroxylation is 1. The van der Waals surface area contributed by atoms with Gasteiger partial charge in [-0.1, -0.05) is 29.8 Å². The molecule has 0 spiro atoms. The Morgan fingerprint density at radius 3 is 2.90 bits per heavy atom. The fourth-order valence-corrected chi connectivity index (χ4v) is 3.06. The number of pyridine rings is 1. The average molecular weight is 303 g/mol. The summed E-state index contributed by atoms with van der Waals surface area (Å²) in [6, 6.07) is 9.73. The van der Waals surface area contributed by atoms with Gasteiger partial charge in [-0.25, -0.2) is 9.78 Å². The molecule has 0 amide bonds. The summed E-state index contributed by atoms with van der Waals surface area (Å²) in [5.74, 6) is -0.530. The van der Waals surface area contributed by atoms with E-state index >= 15 is 0 Å². The standard InChI is InChI=1S/C16H15ClN2O2/c1-10-6-7-11-4-2-3-5-13(11)19(10)15-14(17)12(16(20)21)8-9-18-15/h2-5,8-10H,6-7H2,1H3,(H,20,21). The van der Waals surface area contributed by atoms with E-state index in [0.717, 1.165) is 18.5 Å². The van der Waals surface area contributed by atoms with E-state index in [1.54, 1.807) is 0 Å². The van der Waals surface area contributed by atoms with Gasteiger partial charge in [-0.3, -0.25) is 0 Å². The van der Waals surface area contributed by atoms with E-state index in [0.29, 0.717) is 5.82 Å². The first kappa shape index (κ1) is 13.9. The monoisotopic (exact) mass is 302 g/mol. The number of aromatic nitrogens is 1. The molecule has 108 valence electrons. The summed E-state index contributed by atoms with van der Waals surface area (Å²) < 4.78 is 0. The molecule has 4 nitrogen and oxygen atoms in total. The molecule has 1 N–H and O–H groups in total. The highest BCUT2D eigenvalue weighted by atomic mass is 35.5. The van der Waals surface area contributed by atoms with Crippen LogP contribution in [0.5, 0.6) is 0 Å². The Morgan fingerprint density at radius 1 is 1.38 bits per heavy atom. The van der Waals surface area contributed by atoms with Crippen molar-refractivity contribution in [3.63, 3.8) is 0 Å². The molecule has 0 saturated heterocycles. The number of aromatic carboxylic acids is 1. The number of rotatable bonds is 2. The SMILES string of the molecule is CC1CCc2ccccc2N1c1nccc(C(=O)O)c1Cl. The number of fused-ring (bicyclic) bond motifs is 1. The van der Waals surface area contributed by atoms with Crippen molar-refractivity contribution < 1.29 is 9.90 Å². The van der Waals surface area contributed by atoms with Crippen LogP contribution in [-0.2, 0) is 6.42 Å². The minimum Gasteiger partial charge on any atom is -0.478 e. The van der Waals surface area contributed by atoms with Crippen LogP contribution in [-0.4, -0.2) is 22.1 Å². The maximum Gasteiger partial charge on any atom is 0.337 e. The fraction of sp³-hybridized carbons (Fsp3) is 0.250. The number of hydrogen-bond donors (Lipinski definition) is 1. The molecule has 5 heteroatoms. The first-order valence-corrected chi connectivity index (χ1v) is 7.22. The second-order valence-electron chi connectivity index (χ2n) is 5.19. The maximum atomic E-state index is 11.3. The Morgan fingerprint density at radius 2 is 2.14 bits per heavy atom. The third-order valence-corrected chi connectivity index (χ3v) is 4.23. The number of nitrogens with zero attached hydrogens (tertiary/aromatic N) is 2. The van der Waals surface area contributed by atoms with E-state index in [4.69, 9.17) is 11.6 Å². The lowest BCUT2D eigenvalue weighted by atomic mass is 9.96. The van der Waals surface area contributed by atoms with Crippen molar-refractivity contribution in [3.8, 4) is 0 Å². The van der Waals surface area contributed by atoms with E-state index in [9.17, 15) is 9.90 Å². The van der Waals surface area contributed by atoms with Gasteiger partial charge in [-0.05, 0) is 37.5 Å². The van der Waals surface area contributed by atoms with Gasteiger partial charge in [0.05, 0.1) is 10.6 Å². The normalized spacial score (nSPS) is 17.4. The number of anilines is 2. The molecule has 1 unspecified atom stereocenters. The summed E-state index contributed by atoms with van der Waals surface area (Å²) >= 11 is 6.28. The van der Waals surface area contributed by atoms with Gasteiger partial charge in [0.25, 0.3) is 0 Å². The summed E-state index contributed by atoms with van der Waals surface area (Å²) in [7, 11) is 0. The molecule has 0 aliphatic carbocycles. The van der Waals surface area contributed by atoms with E-state index < -0.39 is 5.97 Å². The van der Waals surface area contributed by atoms with Crippen LogP contribution in [0.4, 0.5) is 11.5 Å². The largest absolute Gasteiger partial charge is 0.478 e. The zero-order chi connectivity index (χ0) is 15.0. The summed E-state index contributed by atoms with van der Waals surface area (Å²) in [4.78, 5) is 17.6. The maximum absolute atomic E-state index is 11.3. The number of carboxylic acids is 1. The van der Waals surface area contributed by atoms with Crippen LogP contribution in [0, 0.1) is 0 Å². The Kier molecular flexibility index (Phi) is 3.55. The zero-order valence-electron chi connectivity index (χ0n) is 11.6. The van der Waals surface area contributed by atoms with Crippen molar-refractivity contribution in [2.75, 3.05) is 4.90 Å². The molecule has 1 atom stereocenters. The second kappa shape index (κ2) is 5.37. The molecule has 0 radical (unpaired) electrons. The van der Waals surface area contributed by atoms with Gasteiger partial charge < -0.3 is 10.0 Å². The lowest BCUT2D eigenvalue weighted by Crippen LogP contribution is -2.34. The van der Waals surface area contributed by atoms with Crippen LogP contribution in [0.2, 0.25) is 5.02 Å². The first-order valence-electron chi connectivity index (χ1n) is 6.84. The van der Waals surface area contributed by atoms with E-state index in [-0.39, 0.29) is 16.6 Å². The topological polar surface area (TPSA) is 53.4 Å². The van der Waals surface area contributed by atoms with Crippen LogP contribution < -0.4 is 4.90 Å². The van der Waals surface area contributed by atoms with Crippen LogP contribution >= 0.6 is 11.6 Å². The first-order chi connectivity index (χ1) is 10.1. The molecule has 0 bridgehead atoms. The van der Waals surface area contributed by atoms with E-state index in [1.807, 2.05) is 23.1 Å². The van der Waals surface area contributed by atoms with E-state index in [1.165, 1.54) is 17.8 Å². The van der Waals surface area contributed by atoms with Crippen LogP contribution in [0.3, 0.4) is 0 Å².